The van der Waals surface area contributed by atoms with E-state index in [0.717, 1.165) is 0 Å². The maximum Gasteiger partial charge on any atom is 0.307 e. The van der Waals surface area contributed by atoms with Gasteiger partial charge in [-0.05, 0) is 7.05 Å². The van der Waals surface area contributed by atoms with Gasteiger partial charge in [-0.1, -0.05) is 6.92 Å². The maximum atomic E-state index is 12.0. The van der Waals surface area contributed by atoms with Crippen LogP contribution in [0.1, 0.15) is 19.8 Å². The molecular weight excluding hydrogens is 260 g/mol. The molecule has 0 fully saturated rings. The molecule has 20 heavy (non-hydrogen) atoms. The number of rotatable bonds is 9. The number of carbonyl (C=O) groups is 2. The van der Waals surface area contributed by atoms with E-state index >= 15 is 0 Å². The van der Waals surface area contributed by atoms with Crippen molar-refractivity contribution in [2.45, 2.75) is 19.8 Å². The maximum absolute atomic E-state index is 12.0. The fraction of sp³-hybridized carbons (Fsp3) is 0.692. The minimum absolute atomic E-state index is 0.0779. The van der Waals surface area contributed by atoms with Gasteiger partial charge in [0.05, 0.1) is 37.4 Å². The highest BCUT2D eigenvalue weighted by molar-refractivity contribution is 5.78. The summed E-state index contributed by atoms with van der Waals surface area (Å²) < 4.78 is 0. The number of likely N-dealkylation sites (N-methyl/N-ethyl adjacent to an activating group) is 1. The summed E-state index contributed by atoms with van der Waals surface area (Å²) in [5.41, 5.74) is 0. The number of carbonyl (C=O) groups excluding carboxylic acids is 1. The summed E-state index contributed by atoms with van der Waals surface area (Å²) in [5.74, 6) is -1.66. The molecule has 0 bridgehead atoms. The van der Waals surface area contributed by atoms with Gasteiger partial charge in [0.1, 0.15) is 0 Å². The minimum atomic E-state index is -0.907. The predicted octanol–water partition coefficient (Wildman–Crippen LogP) is 0.295. The molecule has 1 atom stereocenters. The largest absolute Gasteiger partial charge is 0.481 e. The Labute approximate surface area is 119 Å². The Kier molecular flexibility index (Phi) is 8.73. The summed E-state index contributed by atoms with van der Waals surface area (Å²) in [7, 11) is 1.67. The molecule has 7 nitrogen and oxygen atoms in total. The van der Waals surface area contributed by atoms with Crippen LogP contribution < -0.4 is 0 Å². The van der Waals surface area contributed by atoms with Gasteiger partial charge in [-0.25, -0.2) is 0 Å². The van der Waals surface area contributed by atoms with Crippen LogP contribution in [0, 0.1) is 28.6 Å². The molecule has 0 aromatic rings. The number of aliphatic carboxylic acids is 1. The average molecular weight is 280 g/mol. The zero-order valence-corrected chi connectivity index (χ0v) is 11.9. The summed E-state index contributed by atoms with van der Waals surface area (Å²) in [6.07, 6.45) is 0.429. The van der Waals surface area contributed by atoms with Crippen LogP contribution in [-0.4, -0.2) is 60.0 Å². The summed E-state index contributed by atoms with van der Waals surface area (Å²) in [6, 6.07) is 3.92. The van der Waals surface area contributed by atoms with Crippen molar-refractivity contribution in [3.63, 3.8) is 0 Å². The third kappa shape index (κ3) is 7.34. The second kappa shape index (κ2) is 9.76. The van der Waals surface area contributed by atoms with Crippen molar-refractivity contribution in [2.75, 3.05) is 33.2 Å². The first-order valence-corrected chi connectivity index (χ1v) is 6.35. The molecule has 1 amide bonds. The molecule has 0 aliphatic carbocycles. The SMILES string of the molecule is CC(CN(C)CC(=O)N(CCC#N)CCC#N)C(=O)O. The number of carboxylic acids is 1. The van der Waals surface area contributed by atoms with E-state index in [1.54, 1.807) is 18.9 Å². The number of amides is 1. The van der Waals surface area contributed by atoms with Crippen LogP contribution in [0.3, 0.4) is 0 Å². The van der Waals surface area contributed by atoms with Crippen LogP contribution in [0.4, 0.5) is 0 Å². The monoisotopic (exact) mass is 280 g/mol. The molecular formula is C13H20N4O3. The van der Waals surface area contributed by atoms with Gasteiger partial charge in [0, 0.05) is 19.6 Å². The molecule has 0 radical (unpaired) electrons. The Morgan fingerprint density at radius 1 is 1.20 bits per heavy atom. The highest BCUT2D eigenvalue weighted by Crippen LogP contribution is 2.01. The van der Waals surface area contributed by atoms with Crippen LogP contribution >= 0.6 is 0 Å². The highest BCUT2D eigenvalue weighted by Gasteiger charge is 2.18. The molecule has 0 aliphatic rings. The van der Waals surface area contributed by atoms with Crippen molar-refractivity contribution in [1.82, 2.24) is 9.80 Å². The third-order valence-corrected chi connectivity index (χ3v) is 2.75. The summed E-state index contributed by atoms with van der Waals surface area (Å²) in [4.78, 5) is 25.9. The van der Waals surface area contributed by atoms with E-state index in [-0.39, 0.29) is 31.8 Å². The van der Waals surface area contributed by atoms with Crippen molar-refractivity contribution >= 4 is 11.9 Å². The molecule has 0 rings (SSSR count). The van der Waals surface area contributed by atoms with E-state index < -0.39 is 11.9 Å². The first-order valence-electron chi connectivity index (χ1n) is 6.35. The van der Waals surface area contributed by atoms with Gasteiger partial charge in [0.2, 0.25) is 5.91 Å². The summed E-state index contributed by atoms with van der Waals surface area (Å²) >= 11 is 0. The lowest BCUT2D eigenvalue weighted by Gasteiger charge is -2.24. The normalized spacial score (nSPS) is 11.4. The summed E-state index contributed by atoms with van der Waals surface area (Å²) in [5, 5.41) is 25.9. The molecule has 0 saturated heterocycles. The van der Waals surface area contributed by atoms with Gasteiger partial charge in [0.15, 0.2) is 0 Å². The van der Waals surface area contributed by atoms with E-state index in [4.69, 9.17) is 15.6 Å². The van der Waals surface area contributed by atoms with E-state index in [0.29, 0.717) is 13.1 Å². The van der Waals surface area contributed by atoms with Crippen LogP contribution in [0.15, 0.2) is 0 Å². The van der Waals surface area contributed by atoms with Gasteiger partial charge < -0.3 is 10.0 Å². The first kappa shape index (κ1) is 17.9. The van der Waals surface area contributed by atoms with Crippen LogP contribution in [0.5, 0.6) is 0 Å². The van der Waals surface area contributed by atoms with Gasteiger partial charge in [0.25, 0.3) is 0 Å². The van der Waals surface area contributed by atoms with Crippen molar-refractivity contribution < 1.29 is 14.7 Å². The smallest absolute Gasteiger partial charge is 0.307 e. The molecule has 1 unspecified atom stereocenters. The third-order valence-electron chi connectivity index (χ3n) is 2.75. The quantitative estimate of drug-likeness (QED) is 0.650. The second-order valence-electron chi connectivity index (χ2n) is 4.63. The van der Waals surface area contributed by atoms with Gasteiger partial charge >= 0.3 is 5.97 Å². The van der Waals surface area contributed by atoms with E-state index in [1.807, 2.05) is 12.1 Å². The van der Waals surface area contributed by atoms with Crippen molar-refractivity contribution in [2.24, 2.45) is 5.92 Å². The number of carboxylic acid groups (broad SMARTS) is 1. The highest BCUT2D eigenvalue weighted by atomic mass is 16.4. The molecule has 0 aliphatic heterocycles. The Hall–Kier alpha value is -2.12. The Morgan fingerprint density at radius 2 is 1.70 bits per heavy atom. The average Bonchev–Trinajstić information content (AvgIpc) is 2.38. The van der Waals surface area contributed by atoms with E-state index in [2.05, 4.69) is 0 Å². The molecule has 0 spiro atoms. The lowest BCUT2D eigenvalue weighted by Crippen LogP contribution is -2.41. The van der Waals surface area contributed by atoms with E-state index in [9.17, 15) is 9.59 Å². The molecule has 0 aromatic carbocycles. The van der Waals surface area contributed by atoms with E-state index in [1.165, 1.54) is 4.90 Å². The van der Waals surface area contributed by atoms with Crippen LogP contribution in [0.2, 0.25) is 0 Å². The topological polar surface area (TPSA) is 108 Å². The number of nitriles is 2. The summed E-state index contributed by atoms with van der Waals surface area (Å²) in [6.45, 7) is 2.50. The Morgan fingerprint density at radius 3 is 2.10 bits per heavy atom. The zero-order valence-electron chi connectivity index (χ0n) is 11.9. The molecule has 0 heterocycles. The zero-order chi connectivity index (χ0) is 15.5. The van der Waals surface area contributed by atoms with Gasteiger partial charge in [-0.15, -0.1) is 0 Å². The molecule has 110 valence electrons. The number of hydrogen-bond donors (Lipinski definition) is 1. The molecule has 1 N–H and O–H groups in total. The Bertz CT molecular complexity index is 393. The van der Waals surface area contributed by atoms with Crippen molar-refractivity contribution in [3.8, 4) is 12.1 Å². The van der Waals surface area contributed by atoms with Crippen molar-refractivity contribution in [1.29, 1.82) is 10.5 Å². The van der Waals surface area contributed by atoms with Crippen molar-refractivity contribution in [3.05, 3.63) is 0 Å². The van der Waals surface area contributed by atoms with Crippen LogP contribution in [0.25, 0.3) is 0 Å². The molecule has 0 saturated carbocycles. The fourth-order valence-corrected chi connectivity index (χ4v) is 1.67. The number of nitrogens with zero attached hydrogens (tertiary/aromatic N) is 4. The standard InChI is InChI=1S/C13H20N4O3/c1-11(13(19)20)9-16(2)10-12(18)17(7-3-5-14)8-4-6-15/h11H,3-4,7-10H2,1-2H3,(H,19,20). The second-order valence-corrected chi connectivity index (χ2v) is 4.63. The lowest BCUT2D eigenvalue weighted by atomic mass is 10.2. The minimum Gasteiger partial charge on any atom is -0.481 e. The lowest BCUT2D eigenvalue weighted by molar-refractivity contribution is -0.142. The number of hydrogen-bond acceptors (Lipinski definition) is 5. The molecule has 0 aromatic heterocycles. The molecule has 7 heteroatoms. The predicted molar refractivity (Wildman–Crippen MR) is 71.3 cm³/mol. The fourth-order valence-electron chi connectivity index (χ4n) is 1.67. The van der Waals surface area contributed by atoms with Gasteiger partial charge in [-0.3, -0.25) is 14.5 Å². The van der Waals surface area contributed by atoms with Crippen LogP contribution in [-0.2, 0) is 9.59 Å². The van der Waals surface area contributed by atoms with Gasteiger partial charge in [-0.2, -0.15) is 10.5 Å². The Balaban J connectivity index is 4.39. The first-order chi connectivity index (χ1) is 9.42.